The summed E-state index contributed by atoms with van der Waals surface area (Å²) in [5.74, 6) is 0.464. The van der Waals surface area contributed by atoms with Crippen molar-refractivity contribution in [3.8, 4) is 6.07 Å². The van der Waals surface area contributed by atoms with Gasteiger partial charge < -0.3 is 5.32 Å². The van der Waals surface area contributed by atoms with Crippen LogP contribution in [0.25, 0.3) is 0 Å². The van der Waals surface area contributed by atoms with Crippen LogP contribution in [0.3, 0.4) is 0 Å². The molecule has 1 rings (SSSR count). The van der Waals surface area contributed by atoms with Gasteiger partial charge in [0.1, 0.15) is 0 Å². The van der Waals surface area contributed by atoms with Gasteiger partial charge in [-0.3, -0.25) is 0 Å². The van der Waals surface area contributed by atoms with E-state index in [0.717, 1.165) is 32.1 Å². The molecule has 19 heavy (non-hydrogen) atoms. The lowest BCUT2D eigenvalue weighted by Crippen LogP contribution is -2.33. The Bertz CT molecular complexity index is 299. The van der Waals surface area contributed by atoms with Crippen LogP contribution in [-0.2, 0) is 0 Å². The van der Waals surface area contributed by atoms with E-state index in [4.69, 9.17) is 5.26 Å². The molecule has 0 unspecified atom stereocenters. The Hall–Kier alpha value is -0.760. The Labute approximate surface area is 113 Å². The number of hydrogen-bond donors (Lipinski definition) is 1. The Balaban J connectivity index is 2.22. The predicted molar refractivity (Wildman–Crippen MR) is 68.5 cm³/mol. The largest absolute Gasteiger partial charge is 0.390 e. The Morgan fingerprint density at radius 1 is 1.32 bits per heavy atom. The average Bonchev–Trinajstić information content (AvgIpc) is 2.36. The number of alkyl halides is 3. The van der Waals surface area contributed by atoms with Crippen molar-refractivity contribution in [3.05, 3.63) is 0 Å². The first-order chi connectivity index (χ1) is 8.91. The average molecular weight is 276 g/mol. The van der Waals surface area contributed by atoms with E-state index in [9.17, 15) is 13.2 Å². The van der Waals surface area contributed by atoms with Gasteiger partial charge in [0.15, 0.2) is 0 Å². The molecule has 1 fully saturated rings. The lowest BCUT2D eigenvalue weighted by molar-refractivity contribution is -0.133. The molecular formula is C14H23F3N2. The predicted octanol–water partition coefficient (Wildman–Crippen LogP) is 4.03. The first kappa shape index (κ1) is 16.3. The van der Waals surface area contributed by atoms with Crippen molar-refractivity contribution in [1.82, 2.24) is 5.32 Å². The number of halogens is 3. The van der Waals surface area contributed by atoms with Gasteiger partial charge in [-0.25, -0.2) is 0 Å². The van der Waals surface area contributed by atoms with Gasteiger partial charge in [0.05, 0.1) is 12.5 Å². The molecule has 5 heteroatoms. The minimum atomic E-state index is -4.07. The maximum Gasteiger partial charge on any atom is 0.390 e. The van der Waals surface area contributed by atoms with Crippen molar-refractivity contribution < 1.29 is 13.2 Å². The summed E-state index contributed by atoms with van der Waals surface area (Å²) in [7, 11) is 0. The molecule has 1 aliphatic carbocycles. The number of nitriles is 1. The minimum absolute atomic E-state index is 0.0110. The molecule has 0 aromatic carbocycles. The molecule has 0 spiro atoms. The summed E-state index contributed by atoms with van der Waals surface area (Å²) in [4.78, 5) is 0. The highest BCUT2D eigenvalue weighted by Gasteiger charge is 2.33. The van der Waals surface area contributed by atoms with E-state index >= 15 is 0 Å². The molecule has 0 saturated heterocycles. The lowest BCUT2D eigenvalue weighted by atomic mass is 9.67. The molecule has 110 valence electrons. The third-order valence-electron chi connectivity index (χ3n) is 4.39. The molecule has 0 bridgehead atoms. The molecule has 1 saturated carbocycles. The van der Waals surface area contributed by atoms with Gasteiger partial charge in [0.2, 0.25) is 0 Å². The molecule has 0 aromatic rings. The highest BCUT2D eigenvalue weighted by Crippen LogP contribution is 2.43. The summed E-state index contributed by atoms with van der Waals surface area (Å²) in [6, 6.07) is 2.27. The van der Waals surface area contributed by atoms with E-state index in [0.29, 0.717) is 18.9 Å². The van der Waals surface area contributed by atoms with Gasteiger partial charge >= 0.3 is 6.18 Å². The normalized spacial score (nSPS) is 28.1. The van der Waals surface area contributed by atoms with Crippen LogP contribution in [0, 0.1) is 22.7 Å². The highest BCUT2D eigenvalue weighted by atomic mass is 19.4. The summed E-state index contributed by atoms with van der Waals surface area (Å²) in [5, 5.41) is 11.8. The maximum atomic E-state index is 12.0. The van der Waals surface area contributed by atoms with Crippen molar-refractivity contribution >= 4 is 0 Å². The smallest absolute Gasteiger partial charge is 0.316 e. The molecule has 2 nitrogen and oxygen atoms in total. The van der Waals surface area contributed by atoms with Crippen molar-refractivity contribution in [2.24, 2.45) is 11.3 Å². The van der Waals surface area contributed by atoms with E-state index in [1.165, 1.54) is 0 Å². The fraction of sp³-hybridized carbons (Fsp3) is 0.929. The van der Waals surface area contributed by atoms with Crippen LogP contribution >= 0.6 is 0 Å². The van der Waals surface area contributed by atoms with E-state index in [-0.39, 0.29) is 12.0 Å². The van der Waals surface area contributed by atoms with Gasteiger partial charge in [-0.1, -0.05) is 6.92 Å². The first-order valence-electron chi connectivity index (χ1n) is 7.05. The van der Waals surface area contributed by atoms with Gasteiger partial charge in [-0.15, -0.1) is 0 Å². The summed E-state index contributed by atoms with van der Waals surface area (Å²) in [6.07, 6.45) is 0.914. The minimum Gasteiger partial charge on any atom is -0.316 e. The van der Waals surface area contributed by atoms with Gasteiger partial charge in [-0.05, 0) is 50.0 Å². The number of hydrogen-bond acceptors (Lipinski definition) is 2. The monoisotopic (exact) mass is 276 g/mol. The quantitative estimate of drug-likeness (QED) is 0.743. The third-order valence-corrected chi connectivity index (χ3v) is 4.39. The van der Waals surface area contributed by atoms with E-state index in [1.54, 1.807) is 0 Å². The molecular weight excluding hydrogens is 253 g/mol. The summed E-state index contributed by atoms with van der Waals surface area (Å²) >= 11 is 0. The summed E-state index contributed by atoms with van der Waals surface area (Å²) in [6.45, 7) is 2.80. The fourth-order valence-corrected chi connectivity index (χ4v) is 2.85. The third kappa shape index (κ3) is 5.82. The Kier molecular flexibility index (Phi) is 6.12. The number of nitrogens with zero attached hydrogens (tertiary/aromatic N) is 1. The zero-order valence-corrected chi connectivity index (χ0v) is 11.5. The first-order valence-corrected chi connectivity index (χ1v) is 7.05. The van der Waals surface area contributed by atoms with Gasteiger partial charge in [0, 0.05) is 13.0 Å². The molecule has 1 aliphatic rings. The van der Waals surface area contributed by atoms with Crippen LogP contribution in [0.2, 0.25) is 0 Å². The van der Waals surface area contributed by atoms with Crippen molar-refractivity contribution in [2.45, 2.75) is 58.0 Å². The second-order valence-corrected chi connectivity index (χ2v) is 5.70. The second-order valence-electron chi connectivity index (χ2n) is 5.70. The zero-order chi connectivity index (χ0) is 14.4. The van der Waals surface area contributed by atoms with Crippen LogP contribution < -0.4 is 5.32 Å². The fourth-order valence-electron chi connectivity index (χ4n) is 2.85. The SMILES string of the molecule is CCC1(CC#N)CCC(CNCCC(F)(F)F)CC1. The molecule has 0 aliphatic heterocycles. The molecule has 1 N–H and O–H groups in total. The maximum absolute atomic E-state index is 12.0. The molecule has 0 radical (unpaired) electrons. The number of nitrogens with one attached hydrogen (secondary N) is 1. The van der Waals surface area contributed by atoms with Gasteiger partial charge in [-0.2, -0.15) is 18.4 Å². The second kappa shape index (κ2) is 7.14. The van der Waals surface area contributed by atoms with E-state index < -0.39 is 12.6 Å². The van der Waals surface area contributed by atoms with Crippen LogP contribution in [-0.4, -0.2) is 19.3 Å². The highest BCUT2D eigenvalue weighted by molar-refractivity contribution is 4.91. The van der Waals surface area contributed by atoms with Crippen LogP contribution in [0.15, 0.2) is 0 Å². The van der Waals surface area contributed by atoms with Crippen LogP contribution in [0.1, 0.15) is 51.9 Å². The van der Waals surface area contributed by atoms with Crippen LogP contribution in [0.5, 0.6) is 0 Å². The summed E-state index contributed by atoms with van der Waals surface area (Å²) in [5.41, 5.74) is 0.164. The molecule has 0 atom stereocenters. The van der Waals surface area contributed by atoms with Crippen LogP contribution in [0.4, 0.5) is 13.2 Å². The molecule has 0 amide bonds. The van der Waals surface area contributed by atoms with Gasteiger partial charge in [0.25, 0.3) is 0 Å². The molecule has 0 heterocycles. The molecule has 0 aromatic heterocycles. The topological polar surface area (TPSA) is 35.8 Å². The zero-order valence-electron chi connectivity index (χ0n) is 11.5. The standard InChI is InChI=1S/C14H23F3N2/c1-2-13(7-9-18)5-3-12(4-6-13)11-19-10-8-14(15,16)17/h12,19H,2-8,10-11H2,1H3. The van der Waals surface area contributed by atoms with E-state index in [2.05, 4.69) is 18.3 Å². The Morgan fingerprint density at radius 3 is 2.42 bits per heavy atom. The summed E-state index contributed by atoms with van der Waals surface area (Å²) < 4.78 is 35.9. The lowest BCUT2D eigenvalue weighted by Gasteiger charge is -2.38. The van der Waals surface area contributed by atoms with E-state index in [1.807, 2.05) is 0 Å². The van der Waals surface area contributed by atoms with Crippen molar-refractivity contribution in [2.75, 3.05) is 13.1 Å². The number of rotatable bonds is 6. The van der Waals surface area contributed by atoms with Crippen molar-refractivity contribution in [1.29, 1.82) is 5.26 Å². The van der Waals surface area contributed by atoms with Crippen molar-refractivity contribution in [3.63, 3.8) is 0 Å². The Morgan fingerprint density at radius 2 is 1.95 bits per heavy atom.